The van der Waals surface area contributed by atoms with E-state index in [-0.39, 0.29) is 11.9 Å². The van der Waals surface area contributed by atoms with Gasteiger partial charge in [0.15, 0.2) is 17.4 Å². The van der Waals surface area contributed by atoms with Gasteiger partial charge in [-0.05, 0) is 12.8 Å². The van der Waals surface area contributed by atoms with Crippen LogP contribution in [0.1, 0.15) is 52.4 Å². The van der Waals surface area contributed by atoms with Crippen molar-refractivity contribution in [1.82, 2.24) is 10.6 Å². The molecule has 26 heavy (non-hydrogen) atoms. The van der Waals surface area contributed by atoms with Crippen molar-refractivity contribution in [2.75, 3.05) is 6.54 Å². The molecule has 2 atom stereocenters. The molecule has 7 heteroatoms. The monoisotopic (exact) mass is 372 g/mol. The molecule has 2 fully saturated rings. The lowest BCUT2D eigenvalue weighted by Gasteiger charge is -2.24. The second kappa shape index (κ2) is 9.80. The fourth-order valence-electron chi connectivity index (χ4n) is 3.35. The van der Waals surface area contributed by atoms with Crippen LogP contribution in [0.15, 0.2) is 12.1 Å². The number of halogens is 3. The van der Waals surface area contributed by atoms with Crippen molar-refractivity contribution in [3.8, 4) is 5.75 Å². The molecule has 1 saturated carbocycles. The van der Waals surface area contributed by atoms with Gasteiger partial charge in [0.05, 0.1) is 6.04 Å². The Labute approximate surface area is 152 Å². The molecule has 1 aliphatic heterocycles. The van der Waals surface area contributed by atoms with E-state index >= 15 is 0 Å². The molecule has 3 rings (SSSR count). The number of carbonyl (C=O) groups excluding carboxylic acids is 1. The van der Waals surface area contributed by atoms with Gasteiger partial charge in [0.1, 0.15) is 11.9 Å². The Morgan fingerprint density at radius 3 is 2.35 bits per heavy atom. The molecule has 1 aromatic carbocycles. The second-order valence-corrected chi connectivity index (χ2v) is 6.48. The minimum Gasteiger partial charge on any atom is -0.483 e. The third kappa shape index (κ3) is 5.37. The van der Waals surface area contributed by atoms with E-state index < -0.39 is 35.3 Å². The lowest BCUT2D eigenvalue weighted by molar-refractivity contribution is -0.123. The van der Waals surface area contributed by atoms with E-state index in [4.69, 9.17) is 4.74 Å². The number of hydrogen-bond donors (Lipinski definition) is 2. The zero-order chi connectivity index (χ0) is 19.1. The summed E-state index contributed by atoms with van der Waals surface area (Å²) in [6, 6.07) is 0.922. The number of nitrogens with one attached hydrogen (secondary N) is 2. The average molecular weight is 372 g/mol. The Hall–Kier alpha value is -1.76. The van der Waals surface area contributed by atoms with Gasteiger partial charge in [-0.2, -0.15) is 0 Å². The van der Waals surface area contributed by atoms with Crippen LogP contribution in [-0.4, -0.2) is 30.6 Å². The zero-order valence-corrected chi connectivity index (χ0v) is 15.3. The summed E-state index contributed by atoms with van der Waals surface area (Å²) in [6.07, 6.45) is 5.21. The van der Waals surface area contributed by atoms with Crippen LogP contribution in [0.5, 0.6) is 5.75 Å². The van der Waals surface area contributed by atoms with Crippen LogP contribution in [0.25, 0.3) is 0 Å². The van der Waals surface area contributed by atoms with E-state index in [0.29, 0.717) is 25.1 Å². The molecule has 0 bridgehead atoms. The Bertz CT molecular complexity index is 583. The summed E-state index contributed by atoms with van der Waals surface area (Å²) in [5.74, 6) is -3.86. The molecule has 0 unspecified atom stereocenters. The highest BCUT2D eigenvalue weighted by Crippen LogP contribution is 2.26. The maximum atomic E-state index is 13.6. The number of amides is 1. The predicted octanol–water partition coefficient (Wildman–Crippen LogP) is 3.69. The first-order valence-electron chi connectivity index (χ1n) is 9.38. The molecule has 1 aliphatic carbocycles. The normalized spacial score (nSPS) is 23.1. The van der Waals surface area contributed by atoms with Gasteiger partial charge in [-0.15, -0.1) is 0 Å². The Kier molecular flexibility index (Phi) is 7.75. The Morgan fingerprint density at radius 1 is 1.12 bits per heavy atom. The van der Waals surface area contributed by atoms with E-state index in [2.05, 4.69) is 10.6 Å². The summed E-state index contributed by atoms with van der Waals surface area (Å²) in [5.41, 5.74) is 0. The topological polar surface area (TPSA) is 50.4 Å². The van der Waals surface area contributed by atoms with Crippen LogP contribution in [0, 0.1) is 17.5 Å². The third-order valence-corrected chi connectivity index (χ3v) is 4.61. The van der Waals surface area contributed by atoms with Crippen LogP contribution in [0.3, 0.4) is 0 Å². The van der Waals surface area contributed by atoms with E-state index in [0.717, 1.165) is 25.7 Å². The molecule has 1 amide bonds. The largest absolute Gasteiger partial charge is 0.483 e. The molecule has 1 aromatic rings. The molecular weight excluding hydrogens is 345 g/mol. The van der Waals surface area contributed by atoms with Crippen LogP contribution < -0.4 is 15.4 Å². The van der Waals surface area contributed by atoms with Gasteiger partial charge >= 0.3 is 0 Å². The Balaban J connectivity index is 0.00000117. The van der Waals surface area contributed by atoms with Crippen molar-refractivity contribution in [2.24, 2.45) is 0 Å². The number of rotatable bonds is 4. The highest BCUT2D eigenvalue weighted by molar-refractivity contribution is 5.82. The molecule has 4 nitrogen and oxygen atoms in total. The molecule has 2 aliphatic rings. The van der Waals surface area contributed by atoms with Crippen molar-refractivity contribution in [2.45, 2.75) is 70.6 Å². The standard InChI is InChI=1S/C17H21F3N2O2.C2H6/c18-10-6-13(19)16(14(20)7-10)24-12-8-15(21-9-12)17(23)22-11-4-2-1-3-5-11;1-2/h6-7,11-12,15,21H,1-5,8-9H2,(H,22,23);1-2H3/t12-,15-;/m0./s1. The molecule has 0 radical (unpaired) electrons. The van der Waals surface area contributed by atoms with Crippen LogP contribution in [0.2, 0.25) is 0 Å². The number of ether oxygens (including phenoxy) is 1. The lowest BCUT2D eigenvalue weighted by Crippen LogP contribution is -2.45. The molecule has 1 saturated heterocycles. The molecule has 146 valence electrons. The van der Waals surface area contributed by atoms with E-state index in [1.807, 2.05) is 13.8 Å². The molecular formula is C19H27F3N2O2. The van der Waals surface area contributed by atoms with Crippen LogP contribution >= 0.6 is 0 Å². The third-order valence-electron chi connectivity index (χ3n) is 4.61. The predicted molar refractivity (Wildman–Crippen MR) is 93.5 cm³/mol. The first kappa shape index (κ1) is 20.6. The second-order valence-electron chi connectivity index (χ2n) is 6.48. The highest BCUT2D eigenvalue weighted by Gasteiger charge is 2.33. The number of benzene rings is 1. The summed E-state index contributed by atoms with van der Waals surface area (Å²) in [6.45, 7) is 4.30. The van der Waals surface area contributed by atoms with E-state index in [9.17, 15) is 18.0 Å². The minimum atomic E-state index is -1.08. The van der Waals surface area contributed by atoms with Crippen molar-refractivity contribution in [3.05, 3.63) is 29.6 Å². The van der Waals surface area contributed by atoms with Gasteiger partial charge in [-0.3, -0.25) is 4.79 Å². The maximum absolute atomic E-state index is 13.6. The highest BCUT2D eigenvalue weighted by atomic mass is 19.1. The van der Waals surface area contributed by atoms with Gasteiger partial charge in [-0.25, -0.2) is 13.2 Å². The van der Waals surface area contributed by atoms with Crippen molar-refractivity contribution in [1.29, 1.82) is 0 Å². The van der Waals surface area contributed by atoms with Crippen LogP contribution in [-0.2, 0) is 4.79 Å². The molecule has 0 spiro atoms. The molecule has 2 N–H and O–H groups in total. The summed E-state index contributed by atoms with van der Waals surface area (Å²) in [5, 5.41) is 6.03. The fraction of sp³-hybridized carbons (Fsp3) is 0.632. The van der Waals surface area contributed by atoms with E-state index in [1.54, 1.807) is 0 Å². The summed E-state index contributed by atoms with van der Waals surface area (Å²) in [7, 11) is 0. The summed E-state index contributed by atoms with van der Waals surface area (Å²) >= 11 is 0. The number of hydrogen-bond acceptors (Lipinski definition) is 3. The average Bonchev–Trinajstić information content (AvgIpc) is 3.10. The Morgan fingerprint density at radius 2 is 1.73 bits per heavy atom. The van der Waals surface area contributed by atoms with Crippen LogP contribution in [0.4, 0.5) is 13.2 Å². The molecule has 1 heterocycles. The quantitative estimate of drug-likeness (QED) is 0.848. The maximum Gasteiger partial charge on any atom is 0.237 e. The zero-order valence-electron chi connectivity index (χ0n) is 15.3. The van der Waals surface area contributed by atoms with Gasteiger partial charge in [0.2, 0.25) is 5.91 Å². The van der Waals surface area contributed by atoms with Gasteiger partial charge in [0, 0.05) is 31.1 Å². The minimum absolute atomic E-state index is 0.104. The summed E-state index contributed by atoms with van der Waals surface area (Å²) < 4.78 is 45.5. The molecule has 0 aromatic heterocycles. The first-order chi connectivity index (χ1) is 12.5. The van der Waals surface area contributed by atoms with Gasteiger partial charge in [0.25, 0.3) is 0 Å². The lowest BCUT2D eigenvalue weighted by atomic mass is 9.95. The first-order valence-corrected chi connectivity index (χ1v) is 9.38. The van der Waals surface area contributed by atoms with Crippen molar-refractivity contribution >= 4 is 5.91 Å². The fourth-order valence-corrected chi connectivity index (χ4v) is 3.35. The smallest absolute Gasteiger partial charge is 0.237 e. The van der Waals surface area contributed by atoms with Crippen molar-refractivity contribution < 1.29 is 22.7 Å². The van der Waals surface area contributed by atoms with Gasteiger partial charge in [-0.1, -0.05) is 33.1 Å². The van der Waals surface area contributed by atoms with E-state index in [1.165, 1.54) is 6.42 Å². The SMILES string of the molecule is CC.O=C(NC1CCCCC1)[C@@H]1C[C@H](Oc2c(F)cc(F)cc2F)CN1. The number of carbonyl (C=O) groups is 1. The summed E-state index contributed by atoms with van der Waals surface area (Å²) in [4.78, 5) is 12.3. The van der Waals surface area contributed by atoms with Crippen molar-refractivity contribution in [3.63, 3.8) is 0 Å². The van der Waals surface area contributed by atoms with Gasteiger partial charge < -0.3 is 15.4 Å².